The van der Waals surface area contributed by atoms with Crippen LogP contribution in [-0.2, 0) is 0 Å². The second kappa shape index (κ2) is 8.95. The molecule has 0 bridgehead atoms. The monoisotopic (exact) mass is 339 g/mol. The van der Waals surface area contributed by atoms with Gasteiger partial charge in [-0.15, -0.1) is 5.10 Å². The molecule has 0 saturated carbocycles. The summed E-state index contributed by atoms with van der Waals surface area (Å²) in [5.41, 5.74) is 3.74. The Kier molecular flexibility index (Phi) is 5.90. The van der Waals surface area contributed by atoms with Gasteiger partial charge < -0.3 is 4.74 Å². The molecule has 0 amide bonds. The van der Waals surface area contributed by atoms with Crippen molar-refractivity contribution in [3.05, 3.63) is 102 Å². The van der Waals surface area contributed by atoms with Crippen molar-refractivity contribution in [2.24, 2.45) is 10.2 Å². The second-order valence-corrected chi connectivity index (χ2v) is 5.44. The minimum absolute atomic E-state index is 0.0369. The van der Waals surface area contributed by atoms with Crippen LogP contribution in [0, 0.1) is 11.3 Å². The van der Waals surface area contributed by atoms with Crippen LogP contribution < -0.4 is 4.74 Å². The molecular weight excluding hydrogens is 322 g/mol. The predicted molar refractivity (Wildman–Crippen MR) is 104 cm³/mol. The molecule has 0 unspecified atom stereocenters. The van der Waals surface area contributed by atoms with Gasteiger partial charge in [-0.1, -0.05) is 60.7 Å². The molecule has 0 atom stereocenters. The fourth-order valence-electron chi connectivity index (χ4n) is 2.39. The number of benzene rings is 3. The van der Waals surface area contributed by atoms with Crippen molar-refractivity contribution < 1.29 is 4.74 Å². The Hall–Kier alpha value is -3.71. The second-order valence-electron chi connectivity index (χ2n) is 5.44. The smallest absolute Gasteiger partial charge is 0.174 e. The molecule has 0 aliphatic heterocycles. The normalized spacial score (nSPS) is 10.3. The number of hydrogen-bond donors (Lipinski definition) is 0. The first-order valence-electron chi connectivity index (χ1n) is 8.18. The highest BCUT2D eigenvalue weighted by Crippen LogP contribution is 2.12. The van der Waals surface area contributed by atoms with Crippen LogP contribution in [0.25, 0.3) is 0 Å². The summed E-state index contributed by atoms with van der Waals surface area (Å²) in [7, 11) is 0. The molecule has 0 saturated heterocycles. The SMILES string of the molecule is N#CCOc1ccc(/C=N\N=C(c2ccccc2)c2ccccc2)cc1. The molecule has 126 valence electrons. The highest BCUT2D eigenvalue weighted by Gasteiger charge is 2.05. The van der Waals surface area contributed by atoms with Crippen LogP contribution in [0.2, 0.25) is 0 Å². The number of rotatable bonds is 6. The molecule has 3 aromatic carbocycles. The first kappa shape index (κ1) is 17.1. The van der Waals surface area contributed by atoms with Crippen LogP contribution in [0.15, 0.2) is 95.1 Å². The average molecular weight is 339 g/mol. The summed E-state index contributed by atoms with van der Waals surface area (Å²) in [5, 5.41) is 17.2. The third kappa shape index (κ3) is 4.65. The minimum Gasteiger partial charge on any atom is -0.479 e. The van der Waals surface area contributed by atoms with Gasteiger partial charge in [-0.25, -0.2) is 0 Å². The summed E-state index contributed by atoms with van der Waals surface area (Å²) < 4.78 is 5.24. The fraction of sp³-hybridized carbons (Fsp3) is 0.0455. The Morgan fingerprint density at radius 2 is 1.42 bits per heavy atom. The van der Waals surface area contributed by atoms with E-state index in [-0.39, 0.29) is 6.61 Å². The van der Waals surface area contributed by atoms with E-state index in [0.717, 1.165) is 22.4 Å². The van der Waals surface area contributed by atoms with E-state index < -0.39 is 0 Å². The molecule has 3 rings (SSSR count). The molecule has 4 heteroatoms. The first-order valence-corrected chi connectivity index (χ1v) is 8.18. The van der Waals surface area contributed by atoms with Crippen LogP contribution in [0.1, 0.15) is 16.7 Å². The van der Waals surface area contributed by atoms with Crippen molar-refractivity contribution in [3.8, 4) is 11.8 Å². The fourth-order valence-corrected chi connectivity index (χ4v) is 2.39. The zero-order chi connectivity index (χ0) is 18.0. The zero-order valence-corrected chi connectivity index (χ0v) is 14.1. The van der Waals surface area contributed by atoms with Crippen molar-refractivity contribution >= 4 is 11.9 Å². The van der Waals surface area contributed by atoms with Crippen LogP contribution in [0.5, 0.6) is 5.75 Å². The van der Waals surface area contributed by atoms with Crippen molar-refractivity contribution in [2.75, 3.05) is 6.61 Å². The van der Waals surface area contributed by atoms with Gasteiger partial charge in [0.15, 0.2) is 6.61 Å². The van der Waals surface area contributed by atoms with Gasteiger partial charge in [0, 0.05) is 11.1 Å². The maximum atomic E-state index is 8.53. The summed E-state index contributed by atoms with van der Waals surface area (Å²) in [4.78, 5) is 0. The van der Waals surface area contributed by atoms with Gasteiger partial charge in [0.2, 0.25) is 0 Å². The quantitative estimate of drug-likeness (QED) is 0.492. The predicted octanol–water partition coefficient (Wildman–Crippen LogP) is 4.46. The van der Waals surface area contributed by atoms with Gasteiger partial charge in [-0.3, -0.25) is 0 Å². The topological polar surface area (TPSA) is 57.7 Å². The van der Waals surface area contributed by atoms with Gasteiger partial charge in [-0.05, 0) is 29.8 Å². The molecule has 0 N–H and O–H groups in total. The van der Waals surface area contributed by atoms with Gasteiger partial charge >= 0.3 is 0 Å². The van der Waals surface area contributed by atoms with Crippen molar-refractivity contribution in [1.82, 2.24) is 0 Å². The van der Waals surface area contributed by atoms with E-state index in [2.05, 4.69) is 10.2 Å². The van der Waals surface area contributed by atoms with E-state index in [0.29, 0.717) is 5.75 Å². The standard InChI is InChI=1S/C22H17N3O/c23-15-16-26-21-13-11-18(12-14-21)17-24-25-22(19-7-3-1-4-8-19)20-9-5-2-6-10-20/h1-14,17H,16H2/b24-17-. The third-order valence-electron chi connectivity index (χ3n) is 3.64. The maximum Gasteiger partial charge on any atom is 0.174 e. The van der Waals surface area contributed by atoms with E-state index in [1.807, 2.05) is 78.9 Å². The Labute approximate surface area is 152 Å². The van der Waals surface area contributed by atoms with Crippen molar-refractivity contribution in [3.63, 3.8) is 0 Å². The third-order valence-corrected chi connectivity index (χ3v) is 3.64. The molecule has 4 nitrogen and oxygen atoms in total. The number of hydrogen-bond acceptors (Lipinski definition) is 4. The Balaban J connectivity index is 1.82. The van der Waals surface area contributed by atoms with Gasteiger partial charge in [0.1, 0.15) is 17.5 Å². The zero-order valence-electron chi connectivity index (χ0n) is 14.1. The summed E-state index contributed by atoms with van der Waals surface area (Å²) in [5.74, 6) is 0.654. The van der Waals surface area contributed by atoms with Gasteiger partial charge in [-0.2, -0.15) is 10.4 Å². The lowest BCUT2D eigenvalue weighted by Gasteiger charge is -2.05. The lowest BCUT2D eigenvalue weighted by molar-refractivity contribution is 0.368. The molecule has 0 heterocycles. The van der Waals surface area contributed by atoms with Crippen LogP contribution in [0.4, 0.5) is 0 Å². The molecule has 0 aromatic heterocycles. The lowest BCUT2D eigenvalue weighted by atomic mass is 10.0. The van der Waals surface area contributed by atoms with E-state index in [4.69, 9.17) is 10.00 Å². The average Bonchev–Trinajstić information content (AvgIpc) is 2.72. The summed E-state index contributed by atoms with van der Waals surface area (Å²) in [6.45, 7) is 0.0369. The summed E-state index contributed by atoms with van der Waals surface area (Å²) in [6.07, 6.45) is 1.69. The number of nitriles is 1. The molecule has 0 spiro atoms. The van der Waals surface area contributed by atoms with Crippen molar-refractivity contribution in [1.29, 1.82) is 5.26 Å². The number of ether oxygens (including phenoxy) is 1. The Bertz CT molecular complexity index is 883. The van der Waals surface area contributed by atoms with E-state index in [9.17, 15) is 0 Å². The van der Waals surface area contributed by atoms with E-state index in [1.165, 1.54) is 0 Å². The maximum absolute atomic E-state index is 8.53. The van der Waals surface area contributed by atoms with Gasteiger partial charge in [0.25, 0.3) is 0 Å². The molecule has 0 aliphatic rings. The molecule has 0 aliphatic carbocycles. The van der Waals surface area contributed by atoms with E-state index >= 15 is 0 Å². The first-order chi connectivity index (χ1) is 12.9. The minimum atomic E-state index is 0.0369. The van der Waals surface area contributed by atoms with Crippen LogP contribution >= 0.6 is 0 Å². The summed E-state index contributed by atoms with van der Waals surface area (Å²) in [6, 6.07) is 29.2. The van der Waals surface area contributed by atoms with Crippen LogP contribution in [0.3, 0.4) is 0 Å². The molecule has 3 aromatic rings. The Morgan fingerprint density at radius 1 is 0.846 bits per heavy atom. The molecular formula is C22H17N3O. The molecule has 26 heavy (non-hydrogen) atoms. The van der Waals surface area contributed by atoms with Crippen LogP contribution in [-0.4, -0.2) is 18.5 Å². The lowest BCUT2D eigenvalue weighted by Crippen LogP contribution is -2.02. The Morgan fingerprint density at radius 3 is 1.96 bits per heavy atom. The molecule has 0 fully saturated rings. The summed E-state index contributed by atoms with van der Waals surface area (Å²) >= 11 is 0. The largest absolute Gasteiger partial charge is 0.479 e. The highest BCUT2D eigenvalue weighted by molar-refractivity contribution is 6.12. The van der Waals surface area contributed by atoms with E-state index in [1.54, 1.807) is 18.3 Å². The van der Waals surface area contributed by atoms with Gasteiger partial charge in [0.05, 0.1) is 6.21 Å². The number of nitrogens with zero attached hydrogens (tertiary/aromatic N) is 3. The molecule has 0 radical (unpaired) electrons. The highest BCUT2D eigenvalue weighted by atomic mass is 16.5. The van der Waals surface area contributed by atoms with Crippen molar-refractivity contribution in [2.45, 2.75) is 0 Å².